The number of sulfone groups is 1. The molecule has 0 radical (unpaired) electrons. The lowest BCUT2D eigenvalue weighted by molar-refractivity contribution is -0.0105. The van der Waals surface area contributed by atoms with Gasteiger partial charge >= 0.3 is 6.09 Å². The molecule has 0 bridgehead atoms. The van der Waals surface area contributed by atoms with Gasteiger partial charge < -0.3 is 9.64 Å². The zero-order valence-electron chi connectivity index (χ0n) is 14.9. The lowest BCUT2D eigenvalue weighted by Gasteiger charge is -2.43. The third-order valence-corrected chi connectivity index (χ3v) is 6.23. The Bertz CT molecular complexity index is 730. The maximum absolute atomic E-state index is 12.5. The van der Waals surface area contributed by atoms with Crippen LogP contribution in [0.1, 0.15) is 26.3 Å². The van der Waals surface area contributed by atoms with Gasteiger partial charge in [0.05, 0.1) is 17.5 Å². The van der Waals surface area contributed by atoms with Gasteiger partial charge in [0.25, 0.3) is 0 Å². The number of rotatable bonds is 2. The highest BCUT2D eigenvalue weighted by atomic mass is 32.2. The van der Waals surface area contributed by atoms with Gasteiger partial charge in [0.15, 0.2) is 9.84 Å². The number of hydrogen-bond donors (Lipinski definition) is 0. The lowest BCUT2D eigenvalue weighted by atomic mass is 10.0. The van der Waals surface area contributed by atoms with Crippen molar-refractivity contribution in [2.45, 2.75) is 45.0 Å². The number of carbonyl (C=O) groups is 1. The molecule has 0 aromatic carbocycles. The van der Waals surface area contributed by atoms with E-state index in [2.05, 4.69) is 9.88 Å². The molecule has 2 saturated heterocycles. The molecule has 2 atom stereocenters. The molecule has 8 heteroatoms. The van der Waals surface area contributed by atoms with Crippen LogP contribution < -0.4 is 0 Å². The number of amides is 1. The Morgan fingerprint density at radius 2 is 2.00 bits per heavy atom. The second-order valence-electron chi connectivity index (χ2n) is 7.72. The van der Waals surface area contributed by atoms with E-state index in [0.717, 1.165) is 5.56 Å². The molecule has 1 amide bonds. The number of ether oxygens (including phenoxy) is 1. The summed E-state index contributed by atoms with van der Waals surface area (Å²) < 4.78 is 29.9. The number of fused-ring (bicyclic) bond motifs is 1. The molecule has 2 aliphatic heterocycles. The SMILES string of the molecule is CC(C)(C)OC(=O)N1CCN(Cc2cccnc2)[C@H]2CS(=O)(=O)C[C@@H]21. The molecular weight excluding hydrogens is 342 g/mol. The lowest BCUT2D eigenvalue weighted by Crippen LogP contribution is -2.60. The van der Waals surface area contributed by atoms with Crippen molar-refractivity contribution in [3.63, 3.8) is 0 Å². The van der Waals surface area contributed by atoms with Gasteiger partial charge in [-0.15, -0.1) is 0 Å². The molecule has 2 aliphatic rings. The molecule has 0 N–H and O–H groups in total. The molecule has 0 aliphatic carbocycles. The summed E-state index contributed by atoms with van der Waals surface area (Å²) in [6, 6.07) is 3.29. The van der Waals surface area contributed by atoms with Crippen LogP contribution in [0, 0.1) is 0 Å². The molecule has 0 saturated carbocycles. The fraction of sp³-hybridized carbons (Fsp3) is 0.647. The maximum atomic E-state index is 12.5. The van der Waals surface area contributed by atoms with Crippen molar-refractivity contribution in [3.8, 4) is 0 Å². The van der Waals surface area contributed by atoms with E-state index >= 15 is 0 Å². The van der Waals surface area contributed by atoms with E-state index in [1.54, 1.807) is 17.3 Å². The van der Waals surface area contributed by atoms with E-state index in [0.29, 0.717) is 19.6 Å². The highest BCUT2D eigenvalue weighted by Gasteiger charge is 2.48. The van der Waals surface area contributed by atoms with Gasteiger partial charge in [-0.25, -0.2) is 13.2 Å². The van der Waals surface area contributed by atoms with Crippen LogP contribution >= 0.6 is 0 Å². The normalized spacial score (nSPS) is 26.3. The highest BCUT2D eigenvalue weighted by molar-refractivity contribution is 7.91. The van der Waals surface area contributed by atoms with Crippen LogP contribution in [0.2, 0.25) is 0 Å². The van der Waals surface area contributed by atoms with Crippen molar-refractivity contribution < 1.29 is 17.9 Å². The Balaban J connectivity index is 1.79. The van der Waals surface area contributed by atoms with Crippen LogP contribution in [-0.4, -0.2) is 71.6 Å². The second-order valence-corrected chi connectivity index (χ2v) is 9.87. The molecule has 1 aromatic heterocycles. The van der Waals surface area contributed by atoms with Crippen molar-refractivity contribution in [3.05, 3.63) is 30.1 Å². The zero-order valence-corrected chi connectivity index (χ0v) is 15.7. The van der Waals surface area contributed by atoms with E-state index in [9.17, 15) is 13.2 Å². The molecule has 138 valence electrons. The fourth-order valence-corrected chi connectivity index (χ4v) is 5.51. The van der Waals surface area contributed by atoms with Crippen LogP contribution in [-0.2, 0) is 21.1 Å². The van der Waals surface area contributed by atoms with Gasteiger partial charge in [-0.1, -0.05) is 6.07 Å². The summed E-state index contributed by atoms with van der Waals surface area (Å²) >= 11 is 0. The molecule has 0 spiro atoms. The predicted molar refractivity (Wildman–Crippen MR) is 93.8 cm³/mol. The van der Waals surface area contributed by atoms with Crippen molar-refractivity contribution in [1.82, 2.24) is 14.8 Å². The van der Waals surface area contributed by atoms with E-state index in [-0.39, 0.29) is 23.6 Å². The van der Waals surface area contributed by atoms with Crippen molar-refractivity contribution >= 4 is 15.9 Å². The zero-order chi connectivity index (χ0) is 18.2. The average molecular weight is 367 g/mol. The van der Waals surface area contributed by atoms with Crippen LogP contribution in [0.25, 0.3) is 0 Å². The first-order chi connectivity index (χ1) is 11.6. The van der Waals surface area contributed by atoms with Gasteiger partial charge in [0.1, 0.15) is 5.60 Å². The first-order valence-corrected chi connectivity index (χ1v) is 10.3. The summed E-state index contributed by atoms with van der Waals surface area (Å²) in [6.45, 7) is 7.15. The minimum atomic E-state index is -3.17. The minimum absolute atomic E-state index is 0.000446. The van der Waals surface area contributed by atoms with Crippen molar-refractivity contribution in [2.75, 3.05) is 24.6 Å². The standard InChI is InChI=1S/C17H25N3O4S/c1-17(2,3)24-16(21)20-8-7-19(10-13-5-4-6-18-9-13)14-11-25(22,23)12-15(14)20/h4-6,9,14-15H,7-8,10-12H2,1-3H3/t14-,15-/m0/s1. The van der Waals surface area contributed by atoms with E-state index in [1.165, 1.54) is 0 Å². The van der Waals surface area contributed by atoms with Gasteiger partial charge in [-0.3, -0.25) is 9.88 Å². The third-order valence-electron chi connectivity index (χ3n) is 4.53. The number of carbonyl (C=O) groups excluding carboxylic acids is 1. The fourth-order valence-electron chi connectivity index (χ4n) is 3.49. The van der Waals surface area contributed by atoms with E-state index in [4.69, 9.17) is 4.74 Å². The largest absolute Gasteiger partial charge is 0.444 e. The third kappa shape index (κ3) is 4.30. The number of pyridine rings is 1. The Morgan fingerprint density at radius 3 is 2.64 bits per heavy atom. The number of nitrogens with zero attached hydrogens (tertiary/aromatic N) is 3. The number of aromatic nitrogens is 1. The van der Waals surface area contributed by atoms with Crippen molar-refractivity contribution in [1.29, 1.82) is 0 Å². The molecular formula is C17H25N3O4S. The molecule has 25 heavy (non-hydrogen) atoms. The Hall–Kier alpha value is -1.67. The Kier molecular flexibility index (Phi) is 4.76. The molecule has 2 fully saturated rings. The van der Waals surface area contributed by atoms with Crippen LogP contribution in [0.5, 0.6) is 0 Å². The molecule has 0 unspecified atom stereocenters. The van der Waals surface area contributed by atoms with Gasteiger partial charge in [-0.05, 0) is 32.4 Å². The van der Waals surface area contributed by atoms with E-state index < -0.39 is 21.5 Å². The Morgan fingerprint density at radius 1 is 1.28 bits per heavy atom. The van der Waals surface area contributed by atoms with Gasteiger partial charge in [0.2, 0.25) is 0 Å². The summed E-state index contributed by atoms with van der Waals surface area (Å²) in [6.07, 6.45) is 3.08. The second kappa shape index (κ2) is 6.57. The summed E-state index contributed by atoms with van der Waals surface area (Å²) in [4.78, 5) is 20.4. The summed E-state index contributed by atoms with van der Waals surface area (Å²) in [5, 5.41) is 0. The molecule has 1 aromatic rings. The van der Waals surface area contributed by atoms with Crippen LogP contribution in [0.3, 0.4) is 0 Å². The summed E-state index contributed by atoms with van der Waals surface area (Å²) in [5.74, 6) is 0.0810. The molecule has 3 rings (SSSR count). The minimum Gasteiger partial charge on any atom is -0.444 e. The summed E-state index contributed by atoms with van der Waals surface area (Å²) in [5.41, 5.74) is 0.438. The first-order valence-electron chi connectivity index (χ1n) is 8.48. The smallest absolute Gasteiger partial charge is 0.410 e. The predicted octanol–water partition coefficient (Wildman–Crippen LogP) is 1.30. The monoisotopic (exact) mass is 367 g/mol. The highest BCUT2D eigenvalue weighted by Crippen LogP contribution is 2.29. The Labute approximate surface area is 148 Å². The number of hydrogen-bond acceptors (Lipinski definition) is 6. The molecule has 3 heterocycles. The quantitative estimate of drug-likeness (QED) is 0.784. The van der Waals surface area contributed by atoms with Crippen molar-refractivity contribution in [2.24, 2.45) is 0 Å². The van der Waals surface area contributed by atoms with Crippen LogP contribution in [0.15, 0.2) is 24.5 Å². The van der Waals surface area contributed by atoms with Gasteiger partial charge in [-0.2, -0.15) is 0 Å². The van der Waals surface area contributed by atoms with Gasteiger partial charge in [0, 0.05) is 38.1 Å². The number of piperazine rings is 1. The van der Waals surface area contributed by atoms with Crippen LogP contribution in [0.4, 0.5) is 4.79 Å². The average Bonchev–Trinajstić information content (AvgIpc) is 2.82. The summed E-state index contributed by atoms with van der Waals surface area (Å²) in [7, 11) is -3.17. The van der Waals surface area contributed by atoms with E-state index in [1.807, 2.05) is 32.9 Å². The molecule has 7 nitrogen and oxygen atoms in total. The maximum Gasteiger partial charge on any atom is 0.410 e. The first kappa shape index (κ1) is 18.1. The topological polar surface area (TPSA) is 79.8 Å².